The summed E-state index contributed by atoms with van der Waals surface area (Å²) < 4.78 is 5.57. The molecule has 0 saturated heterocycles. The topological polar surface area (TPSA) is 9.23 Å². The van der Waals surface area contributed by atoms with Crippen molar-refractivity contribution in [3.05, 3.63) is 29.3 Å². The maximum absolute atomic E-state index is 5.57. The van der Waals surface area contributed by atoms with Gasteiger partial charge < -0.3 is 4.74 Å². The molecule has 0 heterocycles. The van der Waals surface area contributed by atoms with E-state index in [-0.39, 0.29) is 0 Å². The van der Waals surface area contributed by atoms with Gasteiger partial charge in [-0.25, -0.2) is 0 Å². The van der Waals surface area contributed by atoms with Gasteiger partial charge in [0, 0.05) is 11.2 Å². The third-order valence-electron chi connectivity index (χ3n) is 4.24. The zero-order valence-corrected chi connectivity index (χ0v) is 13.0. The third kappa shape index (κ3) is 2.90. The van der Waals surface area contributed by atoms with Crippen molar-refractivity contribution >= 4 is 15.9 Å². The normalized spacial score (nSPS) is 17.9. The van der Waals surface area contributed by atoms with E-state index >= 15 is 0 Å². The molecule has 1 aliphatic carbocycles. The molecule has 1 atom stereocenters. The fourth-order valence-electron chi connectivity index (χ4n) is 3.12. The molecule has 0 aliphatic heterocycles. The highest BCUT2D eigenvalue weighted by molar-refractivity contribution is 9.09. The molecular formula is C16H23BrO. The highest BCUT2D eigenvalue weighted by atomic mass is 79.9. The molecule has 0 bridgehead atoms. The first-order chi connectivity index (χ1) is 8.80. The van der Waals surface area contributed by atoms with Crippen LogP contribution < -0.4 is 4.74 Å². The van der Waals surface area contributed by atoms with Crippen LogP contribution in [-0.2, 0) is 6.42 Å². The molecule has 1 unspecified atom stereocenters. The average Bonchev–Trinajstić information content (AvgIpc) is 2.93. The van der Waals surface area contributed by atoms with Gasteiger partial charge in [0.25, 0.3) is 0 Å². The average molecular weight is 311 g/mol. The summed E-state index contributed by atoms with van der Waals surface area (Å²) in [6.45, 7) is 2.21. The van der Waals surface area contributed by atoms with Crippen LogP contribution >= 0.6 is 15.9 Å². The first-order valence-electron chi connectivity index (χ1n) is 7.03. The molecule has 18 heavy (non-hydrogen) atoms. The van der Waals surface area contributed by atoms with Gasteiger partial charge in [-0.15, -0.1) is 0 Å². The fourth-order valence-corrected chi connectivity index (χ4v) is 3.99. The van der Waals surface area contributed by atoms with Crippen molar-refractivity contribution in [1.82, 2.24) is 0 Å². The van der Waals surface area contributed by atoms with Gasteiger partial charge in [0.2, 0.25) is 0 Å². The lowest BCUT2D eigenvalue weighted by atomic mass is 9.85. The van der Waals surface area contributed by atoms with Crippen molar-refractivity contribution in [2.45, 2.75) is 44.9 Å². The van der Waals surface area contributed by atoms with Crippen LogP contribution in [-0.4, -0.2) is 12.4 Å². The molecule has 1 aliphatic rings. The summed E-state index contributed by atoms with van der Waals surface area (Å²) in [5.41, 5.74) is 2.82. The molecule has 0 amide bonds. The van der Waals surface area contributed by atoms with E-state index in [9.17, 15) is 0 Å². The molecule has 0 aromatic heterocycles. The second-order valence-corrected chi connectivity index (χ2v) is 5.88. The number of benzene rings is 1. The van der Waals surface area contributed by atoms with Gasteiger partial charge in [-0.2, -0.15) is 0 Å². The van der Waals surface area contributed by atoms with E-state index in [1.54, 1.807) is 7.11 Å². The Bertz CT molecular complexity index is 383. The van der Waals surface area contributed by atoms with Gasteiger partial charge >= 0.3 is 0 Å². The zero-order chi connectivity index (χ0) is 13.0. The van der Waals surface area contributed by atoms with Crippen LogP contribution in [0.3, 0.4) is 0 Å². The quantitative estimate of drug-likeness (QED) is 0.701. The molecule has 2 rings (SSSR count). The van der Waals surface area contributed by atoms with E-state index in [1.807, 2.05) is 0 Å². The number of hydrogen-bond acceptors (Lipinski definition) is 1. The Hall–Kier alpha value is -0.500. The smallest absolute Gasteiger partial charge is 0.122 e. The van der Waals surface area contributed by atoms with Crippen molar-refractivity contribution < 1.29 is 4.74 Å². The van der Waals surface area contributed by atoms with Crippen molar-refractivity contribution in [3.8, 4) is 5.75 Å². The van der Waals surface area contributed by atoms with E-state index in [1.165, 1.54) is 36.8 Å². The van der Waals surface area contributed by atoms with Crippen LogP contribution in [0.1, 0.15) is 49.7 Å². The molecule has 1 nitrogen and oxygen atoms in total. The van der Waals surface area contributed by atoms with Crippen molar-refractivity contribution in [2.75, 3.05) is 12.4 Å². The third-order valence-corrected chi connectivity index (χ3v) is 4.93. The maximum Gasteiger partial charge on any atom is 0.122 e. The molecular weight excluding hydrogens is 288 g/mol. The van der Waals surface area contributed by atoms with E-state index in [0.29, 0.717) is 5.92 Å². The first-order valence-corrected chi connectivity index (χ1v) is 8.15. The lowest BCUT2D eigenvalue weighted by Gasteiger charge is -2.24. The highest BCUT2D eigenvalue weighted by Crippen LogP contribution is 2.41. The monoisotopic (exact) mass is 310 g/mol. The number of aryl methyl sites for hydroxylation is 1. The molecule has 1 saturated carbocycles. The summed E-state index contributed by atoms with van der Waals surface area (Å²) in [5, 5.41) is 1.04. The van der Waals surface area contributed by atoms with Crippen LogP contribution in [0.4, 0.5) is 0 Å². The number of alkyl halides is 1. The molecule has 0 radical (unpaired) electrons. The number of ether oxygens (including phenoxy) is 1. The van der Waals surface area contributed by atoms with Crippen LogP contribution in [0.2, 0.25) is 0 Å². The predicted octanol–water partition coefficient (Wildman–Crippen LogP) is 4.93. The van der Waals surface area contributed by atoms with Gasteiger partial charge in [0.1, 0.15) is 5.75 Å². The molecule has 1 aromatic rings. The van der Waals surface area contributed by atoms with Gasteiger partial charge in [0.05, 0.1) is 7.11 Å². The maximum atomic E-state index is 5.57. The van der Waals surface area contributed by atoms with Gasteiger partial charge in [-0.3, -0.25) is 0 Å². The largest absolute Gasteiger partial charge is 0.496 e. The second kappa shape index (κ2) is 6.60. The number of halogens is 1. The summed E-state index contributed by atoms with van der Waals surface area (Å²) in [4.78, 5) is 0. The van der Waals surface area contributed by atoms with Gasteiger partial charge in [0.15, 0.2) is 0 Å². The SMILES string of the molecule is CCc1ccc(OC)c(C(CBr)C2CCCC2)c1. The number of methoxy groups -OCH3 is 1. The van der Waals surface area contributed by atoms with Gasteiger partial charge in [-0.05, 0) is 42.4 Å². The van der Waals surface area contributed by atoms with Crippen LogP contribution in [0.5, 0.6) is 5.75 Å². The van der Waals surface area contributed by atoms with Crippen molar-refractivity contribution in [1.29, 1.82) is 0 Å². The predicted molar refractivity (Wildman–Crippen MR) is 80.9 cm³/mol. The zero-order valence-electron chi connectivity index (χ0n) is 11.4. The summed E-state index contributed by atoms with van der Waals surface area (Å²) >= 11 is 3.72. The minimum Gasteiger partial charge on any atom is -0.496 e. The van der Waals surface area contributed by atoms with Crippen LogP contribution in [0.25, 0.3) is 0 Å². The molecule has 0 N–H and O–H groups in total. The van der Waals surface area contributed by atoms with Crippen LogP contribution in [0.15, 0.2) is 18.2 Å². The second-order valence-electron chi connectivity index (χ2n) is 5.24. The Labute approximate surface area is 119 Å². The summed E-state index contributed by atoms with van der Waals surface area (Å²) in [6, 6.07) is 6.67. The van der Waals surface area contributed by atoms with Crippen LogP contribution in [0, 0.1) is 5.92 Å². The molecule has 100 valence electrons. The summed E-state index contributed by atoms with van der Waals surface area (Å²) in [6.07, 6.45) is 6.62. The Morgan fingerprint density at radius 2 is 2.06 bits per heavy atom. The Balaban J connectivity index is 2.32. The Morgan fingerprint density at radius 3 is 2.61 bits per heavy atom. The number of rotatable bonds is 5. The molecule has 1 aromatic carbocycles. The standard InChI is InChI=1S/C16H23BrO/c1-3-12-8-9-16(18-2)14(10-12)15(11-17)13-6-4-5-7-13/h8-10,13,15H,3-7,11H2,1-2H3. The first kappa shape index (κ1) is 13.9. The van der Waals surface area contributed by atoms with E-state index in [2.05, 4.69) is 41.1 Å². The van der Waals surface area contributed by atoms with E-state index in [0.717, 1.165) is 23.4 Å². The van der Waals surface area contributed by atoms with Crippen molar-refractivity contribution in [3.63, 3.8) is 0 Å². The molecule has 1 fully saturated rings. The Kier molecular flexibility index (Phi) is 5.11. The number of hydrogen-bond donors (Lipinski definition) is 0. The molecule has 0 spiro atoms. The van der Waals surface area contributed by atoms with E-state index in [4.69, 9.17) is 4.74 Å². The van der Waals surface area contributed by atoms with Crippen molar-refractivity contribution in [2.24, 2.45) is 5.92 Å². The lowest BCUT2D eigenvalue weighted by molar-refractivity contribution is 0.391. The fraction of sp³-hybridized carbons (Fsp3) is 0.625. The summed E-state index contributed by atoms with van der Waals surface area (Å²) in [5.74, 6) is 2.49. The minimum absolute atomic E-state index is 0.606. The lowest BCUT2D eigenvalue weighted by Crippen LogP contribution is -2.13. The molecule has 2 heteroatoms. The Morgan fingerprint density at radius 1 is 1.33 bits per heavy atom. The van der Waals surface area contributed by atoms with E-state index < -0.39 is 0 Å². The highest BCUT2D eigenvalue weighted by Gasteiger charge is 2.27. The minimum atomic E-state index is 0.606. The van der Waals surface area contributed by atoms with Gasteiger partial charge in [-0.1, -0.05) is 47.8 Å². The summed E-state index contributed by atoms with van der Waals surface area (Å²) in [7, 11) is 1.78.